The number of carbonyl (C=O) groups excluding carboxylic acids is 1. The molecule has 0 fully saturated rings. The van der Waals surface area contributed by atoms with E-state index in [9.17, 15) is 4.79 Å². The highest BCUT2D eigenvalue weighted by atomic mass is 16.5. The summed E-state index contributed by atoms with van der Waals surface area (Å²) in [6, 6.07) is 0. The fraction of sp³-hybridized carbons (Fsp3) is 0.688. The molecule has 0 aromatic heterocycles. The molecule has 0 N–H and O–H groups in total. The van der Waals surface area contributed by atoms with Gasteiger partial charge in [-0.3, -0.25) is 4.79 Å². The summed E-state index contributed by atoms with van der Waals surface area (Å²) in [6.45, 7) is 0. The molecule has 0 spiro atoms. The van der Waals surface area contributed by atoms with Crippen molar-refractivity contribution in [2.24, 2.45) is 0 Å². The minimum absolute atomic E-state index is 0.0230. The summed E-state index contributed by atoms with van der Waals surface area (Å²) in [5, 5.41) is 0. The number of hydrogen-bond donors (Lipinski definition) is 0. The predicted octanol–water partition coefficient (Wildman–Crippen LogP) is 3.55. The molecule has 3 heteroatoms. The molecule has 0 aromatic carbocycles. The molecule has 3 nitrogen and oxygen atoms in total. The summed E-state index contributed by atoms with van der Waals surface area (Å²) in [5.74, 6) is 0.742. The van der Waals surface area contributed by atoms with E-state index in [0.29, 0.717) is 0 Å². The molecular formula is C16H24O3. The molecule has 0 saturated heterocycles. The van der Waals surface area contributed by atoms with E-state index in [2.05, 4.69) is 0 Å². The lowest BCUT2D eigenvalue weighted by atomic mass is 9.83. The van der Waals surface area contributed by atoms with Crippen LogP contribution in [0.2, 0.25) is 0 Å². The molecule has 2 bridgehead atoms. The Bertz CT molecular complexity index is 395. The van der Waals surface area contributed by atoms with E-state index in [1.165, 1.54) is 25.7 Å². The Morgan fingerprint density at radius 2 is 1.74 bits per heavy atom. The van der Waals surface area contributed by atoms with Gasteiger partial charge in [-0.1, -0.05) is 25.7 Å². The first-order chi connectivity index (χ1) is 9.22. The van der Waals surface area contributed by atoms with Crippen LogP contribution in [0, 0.1) is 0 Å². The van der Waals surface area contributed by atoms with Crippen LogP contribution in [0.3, 0.4) is 0 Å². The molecule has 0 aliphatic heterocycles. The van der Waals surface area contributed by atoms with Crippen molar-refractivity contribution in [3.63, 3.8) is 0 Å². The number of ketones is 1. The van der Waals surface area contributed by atoms with Gasteiger partial charge < -0.3 is 9.47 Å². The van der Waals surface area contributed by atoms with Crippen molar-refractivity contribution in [2.45, 2.75) is 57.0 Å². The van der Waals surface area contributed by atoms with Gasteiger partial charge in [-0.2, -0.15) is 0 Å². The van der Waals surface area contributed by atoms with Gasteiger partial charge in [-0.25, -0.2) is 0 Å². The average molecular weight is 264 g/mol. The SMILES string of the molecule is COC1=CC(=O)C2(OC)C=C1CCCCCCCC2. The third-order valence-electron chi connectivity index (χ3n) is 4.23. The van der Waals surface area contributed by atoms with E-state index in [1.54, 1.807) is 20.3 Å². The second-order valence-electron chi connectivity index (χ2n) is 5.46. The Morgan fingerprint density at radius 3 is 2.42 bits per heavy atom. The van der Waals surface area contributed by atoms with Crippen molar-refractivity contribution in [3.8, 4) is 0 Å². The van der Waals surface area contributed by atoms with Crippen molar-refractivity contribution in [3.05, 3.63) is 23.5 Å². The molecule has 0 aromatic rings. The lowest BCUT2D eigenvalue weighted by Crippen LogP contribution is -2.40. The molecule has 2 rings (SSSR count). The van der Waals surface area contributed by atoms with Crippen molar-refractivity contribution < 1.29 is 14.3 Å². The van der Waals surface area contributed by atoms with Crippen molar-refractivity contribution in [1.29, 1.82) is 0 Å². The van der Waals surface area contributed by atoms with Crippen LogP contribution in [0.5, 0.6) is 0 Å². The number of hydrogen-bond acceptors (Lipinski definition) is 3. The van der Waals surface area contributed by atoms with Crippen molar-refractivity contribution in [1.82, 2.24) is 0 Å². The zero-order valence-electron chi connectivity index (χ0n) is 12.0. The highest BCUT2D eigenvalue weighted by molar-refractivity contribution is 6.01. The van der Waals surface area contributed by atoms with Gasteiger partial charge in [-0.15, -0.1) is 0 Å². The molecule has 0 amide bonds. The molecule has 2 aliphatic carbocycles. The standard InChI is InChI=1S/C16H24O3/c1-18-14-11-15(17)16(19-2)10-8-6-4-3-5-7-9-13(14)12-16/h11-12H,3-10H2,1-2H3. The maximum atomic E-state index is 12.4. The predicted molar refractivity (Wildman–Crippen MR) is 74.9 cm³/mol. The van der Waals surface area contributed by atoms with Gasteiger partial charge in [-0.05, 0) is 37.3 Å². The van der Waals surface area contributed by atoms with E-state index in [-0.39, 0.29) is 5.78 Å². The highest BCUT2D eigenvalue weighted by Gasteiger charge is 2.38. The highest BCUT2D eigenvalue weighted by Crippen LogP contribution is 2.34. The number of carbonyl (C=O) groups is 1. The van der Waals surface area contributed by atoms with Gasteiger partial charge in [0.05, 0.1) is 7.11 Å². The first kappa shape index (κ1) is 14.3. The summed E-state index contributed by atoms with van der Waals surface area (Å²) in [5.41, 5.74) is 0.382. The van der Waals surface area contributed by atoms with Crippen LogP contribution < -0.4 is 0 Å². The molecule has 2 aliphatic rings. The van der Waals surface area contributed by atoms with Crippen molar-refractivity contribution >= 4 is 5.78 Å². The molecule has 106 valence electrons. The van der Waals surface area contributed by atoms with Gasteiger partial charge in [0.25, 0.3) is 0 Å². The van der Waals surface area contributed by atoms with Gasteiger partial charge in [0.15, 0.2) is 5.78 Å². The van der Waals surface area contributed by atoms with Crippen LogP contribution in [0.1, 0.15) is 51.4 Å². The Labute approximate surface area is 115 Å². The summed E-state index contributed by atoms with van der Waals surface area (Å²) in [6.07, 6.45) is 12.6. The first-order valence-electron chi connectivity index (χ1n) is 7.29. The molecule has 0 radical (unpaired) electrons. The summed E-state index contributed by atoms with van der Waals surface area (Å²) < 4.78 is 11.0. The molecule has 1 atom stereocenters. The first-order valence-corrected chi connectivity index (χ1v) is 7.29. The van der Waals surface area contributed by atoms with Crippen molar-refractivity contribution in [2.75, 3.05) is 14.2 Å². The smallest absolute Gasteiger partial charge is 0.195 e. The Hall–Kier alpha value is -1.09. The number of ether oxygens (including phenoxy) is 2. The third kappa shape index (κ3) is 3.08. The topological polar surface area (TPSA) is 35.5 Å². The van der Waals surface area contributed by atoms with Crippen LogP contribution in [0.25, 0.3) is 0 Å². The summed E-state index contributed by atoms with van der Waals surface area (Å²) >= 11 is 0. The maximum Gasteiger partial charge on any atom is 0.195 e. The van der Waals surface area contributed by atoms with E-state index in [1.807, 2.05) is 6.08 Å². The van der Waals surface area contributed by atoms with Gasteiger partial charge in [0.2, 0.25) is 0 Å². The minimum Gasteiger partial charge on any atom is -0.496 e. The minimum atomic E-state index is -0.748. The Balaban J connectivity index is 2.29. The fourth-order valence-corrected chi connectivity index (χ4v) is 3.01. The lowest BCUT2D eigenvalue weighted by molar-refractivity contribution is -0.132. The second kappa shape index (κ2) is 6.38. The number of methoxy groups -OCH3 is 2. The number of rotatable bonds is 2. The fourth-order valence-electron chi connectivity index (χ4n) is 3.01. The molecular weight excluding hydrogens is 240 g/mol. The molecule has 1 unspecified atom stereocenters. The average Bonchev–Trinajstić information content (AvgIpc) is 2.47. The Morgan fingerprint density at radius 1 is 1.05 bits per heavy atom. The van der Waals surface area contributed by atoms with Gasteiger partial charge in [0.1, 0.15) is 11.4 Å². The largest absolute Gasteiger partial charge is 0.496 e. The summed E-state index contributed by atoms with van der Waals surface area (Å²) in [4.78, 5) is 12.4. The van der Waals surface area contributed by atoms with E-state index in [0.717, 1.165) is 37.0 Å². The zero-order chi connectivity index (χ0) is 13.7. The quantitative estimate of drug-likeness (QED) is 0.765. The van der Waals surface area contributed by atoms with Gasteiger partial charge >= 0.3 is 0 Å². The van der Waals surface area contributed by atoms with Crippen LogP contribution in [0.4, 0.5) is 0 Å². The number of allylic oxidation sites excluding steroid dienone is 1. The third-order valence-corrected chi connectivity index (χ3v) is 4.23. The second-order valence-corrected chi connectivity index (χ2v) is 5.46. The van der Waals surface area contributed by atoms with Gasteiger partial charge in [0, 0.05) is 13.2 Å². The van der Waals surface area contributed by atoms with E-state index in [4.69, 9.17) is 9.47 Å². The number of fused-ring (bicyclic) bond motifs is 1. The molecule has 0 saturated carbocycles. The molecule has 0 heterocycles. The van der Waals surface area contributed by atoms with Crippen LogP contribution >= 0.6 is 0 Å². The van der Waals surface area contributed by atoms with Crippen LogP contribution in [0.15, 0.2) is 23.5 Å². The zero-order valence-corrected chi connectivity index (χ0v) is 12.0. The Kier molecular flexibility index (Phi) is 4.81. The lowest BCUT2D eigenvalue weighted by Gasteiger charge is -2.31. The van der Waals surface area contributed by atoms with Crippen LogP contribution in [-0.4, -0.2) is 25.6 Å². The molecule has 19 heavy (non-hydrogen) atoms. The van der Waals surface area contributed by atoms with Crippen LogP contribution in [-0.2, 0) is 14.3 Å². The monoisotopic (exact) mass is 264 g/mol. The normalized spacial score (nSPS) is 29.1. The van der Waals surface area contributed by atoms with E-state index < -0.39 is 5.60 Å². The summed E-state index contributed by atoms with van der Waals surface area (Å²) in [7, 11) is 3.27. The maximum absolute atomic E-state index is 12.4. The van der Waals surface area contributed by atoms with E-state index >= 15 is 0 Å².